The van der Waals surface area contributed by atoms with Crippen LogP contribution in [0.3, 0.4) is 0 Å². The Bertz CT molecular complexity index is 760. The van der Waals surface area contributed by atoms with Gasteiger partial charge in [0, 0.05) is 17.9 Å². The molecule has 2 atom stereocenters. The lowest BCUT2D eigenvalue weighted by Gasteiger charge is -2.35. The van der Waals surface area contributed by atoms with Crippen molar-refractivity contribution in [3.05, 3.63) is 35.6 Å². The third-order valence-electron chi connectivity index (χ3n) is 4.34. The molecule has 2 unspecified atom stereocenters. The van der Waals surface area contributed by atoms with E-state index in [2.05, 4.69) is 5.10 Å². The molecule has 7 heteroatoms. The molecule has 2 aliphatic rings. The maximum absolute atomic E-state index is 14.0. The molecule has 0 aliphatic carbocycles. The van der Waals surface area contributed by atoms with Crippen molar-refractivity contribution < 1.29 is 17.6 Å². The van der Waals surface area contributed by atoms with Crippen molar-refractivity contribution >= 4 is 21.5 Å². The number of benzene rings is 1. The lowest BCUT2D eigenvalue weighted by Crippen LogP contribution is -2.48. The van der Waals surface area contributed by atoms with Crippen LogP contribution in [0.15, 0.2) is 29.4 Å². The molecule has 2 aliphatic heterocycles. The number of hydrogen-bond acceptors (Lipinski definition) is 4. The van der Waals surface area contributed by atoms with Crippen LogP contribution < -0.4 is 0 Å². The van der Waals surface area contributed by atoms with Gasteiger partial charge in [-0.3, -0.25) is 4.79 Å². The number of carbonyl (C=O) groups is 1. The van der Waals surface area contributed by atoms with Gasteiger partial charge in [-0.1, -0.05) is 25.1 Å². The maximum atomic E-state index is 14.0. The zero-order valence-electron chi connectivity index (χ0n) is 12.9. The fourth-order valence-electron chi connectivity index (χ4n) is 3.14. The molecule has 0 N–H and O–H groups in total. The summed E-state index contributed by atoms with van der Waals surface area (Å²) >= 11 is 0. The molecule has 2 heterocycles. The molecule has 0 aromatic heterocycles. The van der Waals surface area contributed by atoms with E-state index < -0.39 is 15.9 Å². The second kappa shape index (κ2) is 6.03. The van der Waals surface area contributed by atoms with Crippen LogP contribution in [0.1, 0.15) is 31.7 Å². The Labute approximate surface area is 135 Å². The van der Waals surface area contributed by atoms with Crippen LogP contribution in [0.25, 0.3) is 0 Å². The second-order valence-corrected chi connectivity index (χ2v) is 8.45. The SMILES string of the molecule is CC1CC(c2ccccc2F)=NN(C2CCCS(=O)(=O)C2)C1=O. The number of carbonyl (C=O) groups excluding carboxylic acids is 1. The number of hydrogen-bond donors (Lipinski definition) is 0. The average molecular weight is 338 g/mol. The predicted octanol–water partition coefficient (Wildman–Crippen LogP) is 1.98. The van der Waals surface area contributed by atoms with E-state index in [1.165, 1.54) is 11.1 Å². The quantitative estimate of drug-likeness (QED) is 0.828. The topological polar surface area (TPSA) is 66.8 Å². The largest absolute Gasteiger partial charge is 0.273 e. The van der Waals surface area contributed by atoms with Crippen LogP contribution in [-0.2, 0) is 14.6 Å². The van der Waals surface area contributed by atoms with Crippen molar-refractivity contribution in [3.8, 4) is 0 Å². The molecule has 1 aromatic rings. The first-order valence-electron chi connectivity index (χ1n) is 7.73. The van der Waals surface area contributed by atoms with Crippen LogP contribution >= 0.6 is 0 Å². The van der Waals surface area contributed by atoms with E-state index in [-0.39, 0.29) is 29.1 Å². The molecule has 0 spiro atoms. The smallest absolute Gasteiger partial charge is 0.246 e. The van der Waals surface area contributed by atoms with E-state index in [4.69, 9.17) is 0 Å². The number of sulfone groups is 1. The Hall–Kier alpha value is -1.76. The van der Waals surface area contributed by atoms with Crippen molar-refractivity contribution in [3.63, 3.8) is 0 Å². The molecule has 23 heavy (non-hydrogen) atoms. The van der Waals surface area contributed by atoms with Crippen molar-refractivity contribution in [1.82, 2.24) is 5.01 Å². The van der Waals surface area contributed by atoms with Gasteiger partial charge in [0.15, 0.2) is 9.84 Å². The van der Waals surface area contributed by atoms with Gasteiger partial charge in [0.2, 0.25) is 5.91 Å². The van der Waals surface area contributed by atoms with E-state index in [0.29, 0.717) is 30.5 Å². The third kappa shape index (κ3) is 3.29. The number of hydrazone groups is 1. The Balaban J connectivity index is 1.96. The van der Waals surface area contributed by atoms with Gasteiger partial charge in [0.05, 0.1) is 23.3 Å². The van der Waals surface area contributed by atoms with Gasteiger partial charge >= 0.3 is 0 Å². The molecule has 1 amide bonds. The summed E-state index contributed by atoms with van der Waals surface area (Å²) in [6, 6.07) is 5.85. The first-order chi connectivity index (χ1) is 10.9. The highest BCUT2D eigenvalue weighted by atomic mass is 32.2. The summed E-state index contributed by atoms with van der Waals surface area (Å²) in [5.74, 6) is -0.826. The zero-order valence-corrected chi connectivity index (χ0v) is 13.7. The molecule has 0 radical (unpaired) electrons. The molecule has 0 bridgehead atoms. The number of amides is 1. The number of rotatable bonds is 2. The fraction of sp³-hybridized carbons (Fsp3) is 0.500. The van der Waals surface area contributed by atoms with Gasteiger partial charge in [-0.05, 0) is 18.9 Å². The van der Waals surface area contributed by atoms with E-state index in [0.717, 1.165) is 0 Å². The van der Waals surface area contributed by atoms with Crippen LogP contribution in [0.4, 0.5) is 4.39 Å². The van der Waals surface area contributed by atoms with Crippen molar-refractivity contribution in [2.24, 2.45) is 11.0 Å². The van der Waals surface area contributed by atoms with Gasteiger partial charge in [0.25, 0.3) is 0 Å². The highest BCUT2D eigenvalue weighted by Crippen LogP contribution is 2.27. The van der Waals surface area contributed by atoms with Gasteiger partial charge in [-0.15, -0.1) is 0 Å². The Morgan fingerprint density at radius 2 is 2.04 bits per heavy atom. The molecular weight excluding hydrogens is 319 g/mol. The maximum Gasteiger partial charge on any atom is 0.246 e. The number of halogens is 1. The summed E-state index contributed by atoms with van der Waals surface area (Å²) < 4.78 is 37.7. The Morgan fingerprint density at radius 1 is 1.30 bits per heavy atom. The lowest BCUT2D eigenvalue weighted by atomic mass is 9.95. The molecule has 124 valence electrons. The Kier molecular flexibility index (Phi) is 4.23. The van der Waals surface area contributed by atoms with Crippen molar-refractivity contribution in [2.75, 3.05) is 11.5 Å². The van der Waals surface area contributed by atoms with E-state index >= 15 is 0 Å². The van der Waals surface area contributed by atoms with Crippen molar-refractivity contribution in [2.45, 2.75) is 32.2 Å². The summed E-state index contributed by atoms with van der Waals surface area (Å²) in [6.07, 6.45) is 1.48. The average Bonchev–Trinajstić information content (AvgIpc) is 2.49. The van der Waals surface area contributed by atoms with Gasteiger partial charge in [0.1, 0.15) is 5.82 Å². The zero-order chi connectivity index (χ0) is 16.6. The molecule has 1 fully saturated rings. The summed E-state index contributed by atoms with van der Waals surface area (Å²) in [5, 5.41) is 5.61. The minimum atomic E-state index is -3.15. The third-order valence-corrected chi connectivity index (χ3v) is 6.15. The standard InChI is InChI=1S/C16H19FN2O3S/c1-11-9-15(13-6-2-3-7-14(13)17)18-19(16(11)20)12-5-4-8-23(21,22)10-12/h2-3,6-7,11-12H,4-5,8-10H2,1H3. The summed E-state index contributed by atoms with van der Waals surface area (Å²) in [6.45, 7) is 1.77. The molecule has 1 aromatic carbocycles. The van der Waals surface area contributed by atoms with Gasteiger partial charge in [-0.25, -0.2) is 17.8 Å². The minimum Gasteiger partial charge on any atom is -0.273 e. The molecular formula is C16H19FN2O3S. The summed E-state index contributed by atoms with van der Waals surface area (Å²) in [5.41, 5.74) is 0.869. The van der Waals surface area contributed by atoms with Crippen LogP contribution in [-0.4, -0.2) is 42.6 Å². The van der Waals surface area contributed by atoms with Crippen LogP contribution in [0, 0.1) is 11.7 Å². The van der Waals surface area contributed by atoms with E-state index in [9.17, 15) is 17.6 Å². The number of nitrogens with zero attached hydrogens (tertiary/aromatic N) is 2. The molecule has 5 nitrogen and oxygen atoms in total. The van der Waals surface area contributed by atoms with Crippen molar-refractivity contribution in [1.29, 1.82) is 0 Å². The minimum absolute atomic E-state index is 0.0699. The molecule has 1 saturated heterocycles. The monoisotopic (exact) mass is 338 g/mol. The molecule has 3 rings (SSSR count). The summed E-state index contributed by atoms with van der Waals surface area (Å²) in [7, 11) is -3.15. The first-order valence-corrected chi connectivity index (χ1v) is 9.55. The second-order valence-electron chi connectivity index (χ2n) is 6.22. The lowest BCUT2D eigenvalue weighted by molar-refractivity contribution is -0.137. The van der Waals surface area contributed by atoms with Gasteiger partial charge in [-0.2, -0.15) is 5.10 Å². The van der Waals surface area contributed by atoms with E-state index in [1.807, 2.05) is 0 Å². The highest BCUT2D eigenvalue weighted by Gasteiger charge is 2.37. The first kappa shape index (κ1) is 16.1. The molecule has 0 saturated carbocycles. The summed E-state index contributed by atoms with van der Waals surface area (Å²) in [4.78, 5) is 12.4. The normalized spacial score (nSPS) is 27.7. The van der Waals surface area contributed by atoms with Crippen LogP contribution in [0.5, 0.6) is 0 Å². The van der Waals surface area contributed by atoms with E-state index in [1.54, 1.807) is 25.1 Å². The fourth-order valence-corrected chi connectivity index (χ4v) is 4.80. The Morgan fingerprint density at radius 3 is 2.74 bits per heavy atom. The van der Waals surface area contributed by atoms with Gasteiger partial charge < -0.3 is 0 Å². The predicted molar refractivity (Wildman–Crippen MR) is 85.2 cm³/mol. The highest BCUT2D eigenvalue weighted by molar-refractivity contribution is 7.91. The van der Waals surface area contributed by atoms with Crippen LogP contribution in [0.2, 0.25) is 0 Å².